The van der Waals surface area contributed by atoms with Crippen LogP contribution in [0.4, 0.5) is 11.6 Å². The first-order chi connectivity index (χ1) is 13.7. The number of anilines is 2. The summed E-state index contributed by atoms with van der Waals surface area (Å²) in [6, 6.07) is 7.17. The SMILES string of the molecule is Cc1c(NCCN2CCOCC2)ccc2nc(NC(=O)c3ccncc3)nn12. The summed E-state index contributed by atoms with van der Waals surface area (Å²) in [7, 11) is 0. The summed E-state index contributed by atoms with van der Waals surface area (Å²) in [6.45, 7) is 7.34. The van der Waals surface area contributed by atoms with Crippen molar-refractivity contribution >= 4 is 23.2 Å². The fraction of sp³-hybridized carbons (Fsp3) is 0.368. The maximum atomic E-state index is 12.3. The summed E-state index contributed by atoms with van der Waals surface area (Å²) in [5.74, 6) is 0.00944. The molecule has 0 unspecified atom stereocenters. The number of rotatable bonds is 6. The molecule has 1 aliphatic rings. The lowest BCUT2D eigenvalue weighted by molar-refractivity contribution is 0.0398. The summed E-state index contributed by atoms with van der Waals surface area (Å²) in [6.07, 6.45) is 3.15. The van der Waals surface area contributed by atoms with Gasteiger partial charge in [0.15, 0.2) is 5.65 Å². The molecule has 4 heterocycles. The van der Waals surface area contributed by atoms with Crippen LogP contribution >= 0.6 is 0 Å². The lowest BCUT2D eigenvalue weighted by Gasteiger charge is -2.26. The Morgan fingerprint density at radius 2 is 1.96 bits per heavy atom. The van der Waals surface area contributed by atoms with Crippen LogP contribution in [0, 0.1) is 6.92 Å². The van der Waals surface area contributed by atoms with Crippen LogP contribution in [0.5, 0.6) is 0 Å². The minimum absolute atomic E-state index is 0.264. The van der Waals surface area contributed by atoms with Crippen LogP contribution in [-0.4, -0.2) is 69.8 Å². The molecular formula is C19H23N7O2. The number of carbonyl (C=O) groups is 1. The molecule has 0 atom stereocenters. The quantitative estimate of drug-likeness (QED) is 0.667. The van der Waals surface area contributed by atoms with Crippen LogP contribution < -0.4 is 10.6 Å². The number of morpholine rings is 1. The third-order valence-electron chi connectivity index (χ3n) is 4.75. The zero-order chi connectivity index (χ0) is 19.3. The van der Waals surface area contributed by atoms with Crippen molar-refractivity contribution in [3.8, 4) is 0 Å². The van der Waals surface area contributed by atoms with Gasteiger partial charge in [-0.05, 0) is 31.2 Å². The highest BCUT2D eigenvalue weighted by atomic mass is 16.5. The summed E-state index contributed by atoms with van der Waals surface area (Å²) < 4.78 is 7.11. The van der Waals surface area contributed by atoms with E-state index in [-0.39, 0.29) is 11.9 Å². The van der Waals surface area contributed by atoms with E-state index in [9.17, 15) is 4.79 Å². The maximum absolute atomic E-state index is 12.3. The van der Waals surface area contributed by atoms with E-state index < -0.39 is 0 Å². The van der Waals surface area contributed by atoms with E-state index in [1.54, 1.807) is 29.0 Å². The van der Waals surface area contributed by atoms with Gasteiger partial charge in [0.1, 0.15) is 0 Å². The molecule has 0 aromatic carbocycles. The van der Waals surface area contributed by atoms with Gasteiger partial charge >= 0.3 is 0 Å². The van der Waals surface area contributed by atoms with E-state index in [1.807, 2.05) is 19.1 Å². The summed E-state index contributed by atoms with van der Waals surface area (Å²) in [5.41, 5.74) is 3.13. The normalized spacial score (nSPS) is 14.9. The Hall–Kier alpha value is -3.04. The third kappa shape index (κ3) is 4.10. The number of carbonyl (C=O) groups excluding carboxylic acids is 1. The fourth-order valence-electron chi connectivity index (χ4n) is 3.16. The first kappa shape index (κ1) is 18.3. The van der Waals surface area contributed by atoms with Gasteiger partial charge < -0.3 is 10.1 Å². The van der Waals surface area contributed by atoms with Crippen LogP contribution in [0.25, 0.3) is 5.65 Å². The zero-order valence-electron chi connectivity index (χ0n) is 15.8. The second-order valence-electron chi connectivity index (χ2n) is 6.61. The highest BCUT2D eigenvalue weighted by molar-refractivity contribution is 6.03. The van der Waals surface area contributed by atoms with Gasteiger partial charge in [-0.1, -0.05) is 0 Å². The van der Waals surface area contributed by atoms with Crippen molar-refractivity contribution in [3.63, 3.8) is 0 Å². The largest absolute Gasteiger partial charge is 0.382 e. The number of aromatic nitrogens is 4. The van der Waals surface area contributed by atoms with Gasteiger partial charge in [-0.2, -0.15) is 4.98 Å². The lowest BCUT2D eigenvalue weighted by atomic mass is 10.2. The molecule has 3 aromatic heterocycles. The number of pyridine rings is 2. The standard InChI is InChI=1S/C19H23N7O2/c1-14-16(21-8-9-25-10-12-28-13-11-25)2-3-17-22-19(24-26(14)17)23-18(27)15-4-6-20-7-5-15/h2-7,21H,8-13H2,1H3,(H,23,24,27). The van der Waals surface area contributed by atoms with E-state index in [0.29, 0.717) is 11.2 Å². The molecule has 4 rings (SSSR count). The number of ether oxygens (including phenoxy) is 1. The molecule has 0 spiro atoms. The smallest absolute Gasteiger partial charge is 0.258 e. The Bertz CT molecular complexity index is 952. The molecule has 146 valence electrons. The number of amides is 1. The predicted octanol–water partition coefficient (Wildman–Crippen LogP) is 1.43. The van der Waals surface area contributed by atoms with Crippen molar-refractivity contribution < 1.29 is 9.53 Å². The van der Waals surface area contributed by atoms with Gasteiger partial charge in [-0.15, -0.1) is 5.10 Å². The molecule has 0 bridgehead atoms. The Balaban J connectivity index is 1.43. The molecule has 1 saturated heterocycles. The van der Waals surface area contributed by atoms with Crippen molar-refractivity contribution in [2.75, 3.05) is 50.0 Å². The second-order valence-corrected chi connectivity index (χ2v) is 6.61. The number of hydrogen-bond donors (Lipinski definition) is 2. The topological polar surface area (TPSA) is 96.7 Å². The van der Waals surface area contributed by atoms with Crippen molar-refractivity contribution in [1.82, 2.24) is 24.5 Å². The number of nitrogens with zero attached hydrogens (tertiary/aromatic N) is 5. The van der Waals surface area contributed by atoms with Gasteiger partial charge in [0.05, 0.1) is 24.6 Å². The molecule has 1 fully saturated rings. The van der Waals surface area contributed by atoms with E-state index in [2.05, 4.69) is 30.6 Å². The Kier molecular flexibility index (Phi) is 5.45. The van der Waals surface area contributed by atoms with Crippen LogP contribution in [0.2, 0.25) is 0 Å². The third-order valence-corrected chi connectivity index (χ3v) is 4.75. The van der Waals surface area contributed by atoms with E-state index in [0.717, 1.165) is 50.8 Å². The van der Waals surface area contributed by atoms with Crippen molar-refractivity contribution in [1.29, 1.82) is 0 Å². The number of aryl methyl sites for hydroxylation is 1. The van der Waals surface area contributed by atoms with Gasteiger partial charge in [0, 0.05) is 44.1 Å². The fourth-order valence-corrected chi connectivity index (χ4v) is 3.16. The molecule has 3 aromatic rings. The summed E-state index contributed by atoms with van der Waals surface area (Å²) in [5, 5.41) is 10.6. The molecule has 1 amide bonds. The van der Waals surface area contributed by atoms with Crippen molar-refractivity contribution in [2.45, 2.75) is 6.92 Å². The van der Waals surface area contributed by atoms with Crippen LogP contribution in [0.15, 0.2) is 36.7 Å². The van der Waals surface area contributed by atoms with Gasteiger partial charge in [0.2, 0.25) is 5.95 Å². The molecular weight excluding hydrogens is 358 g/mol. The Morgan fingerprint density at radius 1 is 1.18 bits per heavy atom. The van der Waals surface area contributed by atoms with Gasteiger partial charge in [0.25, 0.3) is 5.91 Å². The van der Waals surface area contributed by atoms with Gasteiger partial charge in [-0.3, -0.25) is 20.0 Å². The Morgan fingerprint density at radius 3 is 2.75 bits per heavy atom. The molecule has 0 saturated carbocycles. The number of hydrogen-bond acceptors (Lipinski definition) is 7. The minimum atomic E-state index is -0.264. The average molecular weight is 381 g/mol. The molecule has 28 heavy (non-hydrogen) atoms. The van der Waals surface area contributed by atoms with Crippen LogP contribution in [0.1, 0.15) is 16.1 Å². The van der Waals surface area contributed by atoms with Crippen LogP contribution in [-0.2, 0) is 4.74 Å². The average Bonchev–Trinajstić information content (AvgIpc) is 3.14. The second kappa shape index (κ2) is 8.32. The predicted molar refractivity (Wildman–Crippen MR) is 106 cm³/mol. The van der Waals surface area contributed by atoms with Crippen molar-refractivity contribution in [3.05, 3.63) is 47.9 Å². The first-order valence-electron chi connectivity index (χ1n) is 9.32. The molecule has 9 heteroatoms. The van der Waals surface area contributed by atoms with E-state index in [1.165, 1.54) is 0 Å². The Labute approximate surface area is 162 Å². The highest BCUT2D eigenvalue weighted by Crippen LogP contribution is 2.17. The lowest BCUT2D eigenvalue weighted by Crippen LogP contribution is -2.39. The molecule has 0 aliphatic carbocycles. The minimum Gasteiger partial charge on any atom is -0.382 e. The molecule has 0 radical (unpaired) electrons. The first-order valence-corrected chi connectivity index (χ1v) is 9.32. The van der Waals surface area contributed by atoms with Crippen molar-refractivity contribution in [2.24, 2.45) is 0 Å². The zero-order valence-corrected chi connectivity index (χ0v) is 15.8. The molecule has 2 N–H and O–H groups in total. The molecule has 1 aliphatic heterocycles. The van der Waals surface area contributed by atoms with E-state index in [4.69, 9.17) is 4.74 Å². The molecule has 9 nitrogen and oxygen atoms in total. The highest BCUT2D eigenvalue weighted by Gasteiger charge is 2.13. The van der Waals surface area contributed by atoms with E-state index >= 15 is 0 Å². The van der Waals surface area contributed by atoms with Crippen LogP contribution in [0.3, 0.4) is 0 Å². The monoisotopic (exact) mass is 381 g/mol. The summed E-state index contributed by atoms with van der Waals surface area (Å²) >= 11 is 0. The number of nitrogens with one attached hydrogen (secondary N) is 2. The van der Waals surface area contributed by atoms with Gasteiger partial charge in [-0.25, -0.2) is 4.52 Å². The maximum Gasteiger partial charge on any atom is 0.258 e. The number of fused-ring (bicyclic) bond motifs is 1. The summed E-state index contributed by atoms with van der Waals surface area (Å²) in [4.78, 5) is 23.0.